The molecule has 1 saturated heterocycles. The van der Waals surface area contributed by atoms with Crippen LogP contribution in [0.1, 0.15) is 27.0 Å². The van der Waals surface area contributed by atoms with E-state index in [1.807, 2.05) is 42.5 Å². The summed E-state index contributed by atoms with van der Waals surface area (Å²) >= 11 is 1.57. The summed E-state index contributed by atoms with van der Waals surface area (Å²) in [5, 5.41) is 0. The zero-order chi connectivity index (χ0) is 18.2. The smallest absolute Gasteiger partial charge is 0.195 e. The minimum absolute atomic E-state index is 0.0561. The number of allylic oxidation sites excluding steroid dienone is 1. The summed E-state index contributed by atoms with van der Waals surface area (Å²) < 4.78 is 11.1. The van der Waals surface area contributed by atoms with Crippen LogP contribution in [0.3, 0.4) is 0 Å². The molecule has 5 heteroatoms. The van der Waals surface area contributed by atoms with Crippen LogP contribution in [0.15, 0.2) is 42.5 Å². The summed E-state index contributed by atoms with van der Waals surface area (Å²) in [5.74, 6) is 0.910. The van der Waals surface area contributed by atoms with Crippen LogP contribution in [-0.4, -0.2) is 50.1 Å². The van der Waals surface area contributed by atoms with Crippen LogP contribution >= 0.6 is 11.3 Å². The maximum Gasteiger partial charge on any atom is 0.195 e. The lowest BCUT2D eigenvalue weighted by Gasteiger charge is -2.26. The van der Waals surface area contributed by atoms with Gasteiger partial charge in [-0.25, -0.2) is 0 Å². The van der Waals surface area contributed by atoms with Gasteiger partial charge in [0.15, 0.2) is 5.78 Å². The van der Waals surface area contributed by atoms with Gasteiger partial charge in [0, 0.05) is 24.5 Å². The highest BCUT2D eigenvalue weighted by molar-refractivity contribution is 7.14. The Morgan fingerprint density at radius 3 is 2.65 bits per heavy atom. The van der Waals surface area contributed by atoms with E-state index in [1.54, 1.807) is 17.4 Å². The Balaban J connectivity index is 1.46. The van der Waals surface area contributed by atoms with Crippen molar-refractivity contribution in [3.63, 3.8) is 0 Å². The number of ether oxygens (including phenoxy) is 2. The maximum absolute atomic E-state index is 12.2. The van der Waals surface area contributed by atoms with Gasteiger partial charge in [-0.15, -0.1) is 11.3 Å². The molecular weight excluding hydrogens is 346 g/mol. The Morgan fingerprint density at radius 2 is 1.96 bits per heavy atom. The molecule has 0 radical (unpaired) electrons. The van der Waals surface area contributed by atoms with Crippen molar-refractivity contribution in [1.29, 1.82) is 0 Å². The molecule has 0 bridgehead atoms. The van der Waals surface area contributed by atoms with Crippen molar-refractivity contribution in [3.05, 3.63) is 57.8 Å². The maximum atomic E-state index is 12.2. The molecule has 3 rings (SSSR count). The summed E-state index contributed by atoms with van der Waals surface area (Å²) in [6, 6.07) is 11.8. The number of hydrogen-bond acceptors (Lipinski definition) is 5. The predicted molar refractivity (Wildman–Crippen MR) is 106 cm³/mol. The van der Waals surface area contributed by atoms with Crippen molar-refractivity contribution in [3.8, 4) is 5.75 Å². The van der Waals surface area contributed by atoms with Crippen molar-refractivity contribution >= 4 is 23.2 Å². The lowest BCUT2D eigenvalue weighted by Crippen LogP contribution is -2.38. The summed E-state index contributed by atoms with van der Waals surface area (Å²) in [6.45, 7) is 7.26. The molecule has 1 fully saturated rings. The molecule has 0 amide bonds. The SMILES string of the molecule is CCc1ccc(C(=O)/C=C/c2ccc(OCCN3CCOCC3)cc2)s1. The van der Waals surface area contributed by atoms with Crippen LogP contribution in [0.2, 0.25) is 0 Å². The summed E-state index contributed by atoms with van der Waals surface area (Å²) in [4.78, 5) is 16.6. The molecule has 0 N–H and O–H groups in total. The van der Waals surface area contributed by atoms with Gasteiger partial charge in [0.05, 0.1) is 18.1 Å². The molecule has 1 aromatic heterocycles. The average Bonchev–Trinajstić information content (AvgIpc) is 3.17. The van der Waals surface area contributed by atoms with Crippen molar-refractivity contribution in [1.82, 2.24) is 4.90 Å². The van der Waals surface area contributed by atoms with Crippen LogP contribution < -0.4 is 4.74 Å². The molecule has 26 heavy (non-hydrogen) atoms. The van der Waals surface area contributed by atoms with Gasteiger partial charge in [0.1, 0.15) is 12.4 Å². The molecule has 0 aliphatic carbocycles. The normalized spacial score (nSPS) is 15.4. The van der Waals surface area contributed by atoms with Gasteiger partial charge < -0.3 is 9.47 Å². The third-order valence-corrected chi connectivity index (χ3v) is 5.58. The van der Waals surface area contributed by atoms with E-state index in [0.717, 1.165) is 55.5 Å². The standard InChI is InChI=1S/C21H25NO3S/c1-2-19-8-10-21(26-19)20(23)9-5-17-3-6-18(7-4-17)25-16-13-22-11-14-24-15-12-22/h3-10H,2,11-16H2,1H3/b9-5+. The number of thiophene rings is 1. The molecule has 2 heterocycles. The number of nitrogens with zero attached hydrogens (tertiary/aromatic N) is 1. The lowest BCUT2D eigenvalue weighted by molar-refractivity contribution is 0.0322. The molecule has 2 aromatic rings. The zero-order valence-electron chi connectivity index (χ0n) is 15.1. The van der Waals surface area contributed by atoms with Gasteiger partial charge in [-0.2, -0.15) is 0 Å². The van der Waals surface area contributed by atoms with Crippen molar-refractivity contribution < 1.29 is 14.3 Å². The number of ketones is 1. The molecule has 4 nitrogen and oxygen atoms in total. The fourth-order valence-electron chi connectivity index (χ4n) is 2.75. The number of benzene rings is 1. The van der Waals surface area contributed by atoms with Crippen LogP contribution in [0, 0.1) is 0 Å². The zero-order valence-corrected chi connectivity index (χ0v) is 16.0. The number of hydrogen-bond donors (Lipinski definition) is 0. The minimum atomic E-state index is 0.0561. The van der Waals surface area contributed by atoms with Crippen molar-refractivity contribution in [2.75, 3.05) is 39.5 Å². The number of aryl methyl sites for hydroxylation is 1. The molecule has 138 valence electrons. The Kier molecular flexibility index (Phi) is 7.00. The number of rotatable bonds is 8. The Hall–Kier alpha value is -1.95. The van der Waals surface area contributed by atoms with Crippen molar-refractivity contribution in [2.45, 2.75) is 13.3 Å². The van der Waals surface area contributed by atoms with Gasteiger partial charge in [-0.05, 0) is 42.3 Å². The first-order valence-corrected chi connectivity index (χ1v) is 9.90. The third kappa shape index (κ3) is 5.53. The largest absolute Gasteiger partial charge is 0.492 e. The number of carbonyl (C=O) groups is 1. The van der Waals surface area contributed by atoms with E-state index >= 15 is 0 Å². The van der Waals surface area contributed by atoms with Crippen LogP contribution in [0.25, 0.3) is 6.08 Å². The van der Waals surface area contributed by atoms with Crippen molar-refractivity contribution in [2.24, 2.45) is 0 Å². The molecule has 1 aromatic carbocycles. The molecule has 0 saturated carbocycles. The third-order valence-electron chi connectivity index (χ3n) is 4.34. The first kappa shape index (κ1) is 18.8. The second kappa shape index (κ2) is 9.67. The highest BCUT2D eigenvalue weighted by Gasteiger charge is 2.09. The number of morpholine rings is 1. The Labute approximate surface area is 159 Å². The van der Waals surface area contributed by atoms with E-state index in [4.69, 9.17) is 9.47 Å². The Morgan fingerprint density at radius 1 is 1.19 bits per heavy atom. The molecule has 0 atom stereocenters. The fourth-order valence-corrected chi connectivity index (χ4v) is 3.61. The highest BCUT2D eigenvalue weighted by Crippen LogP contribution is 2.19. The van der Waals surface area contributed by atoms with Gasteiger partial charge in [0.2, 0.25) is 0 Å². The number of carbonyl (C=O) groups excluding carboxylic acids is 1. The Bertz CT molecular complexity index is 730. The highest BCUT2D eigenvalue weighted by atomic mass is 32.1. The second-order valence-electron chi connectivity index (χ2n) is 6.19. The molecule has 1 aliphatic heterocycles. The van der Waals surface area contributed by atoms with E-state index < -0.39 is 0 Å². The monoisotopic (exact) mass is 371 g/mol. The summed E-state index contributed by atoms with van der Waals surface area (Å²) in [5.41, 5.74) is 0.992. The molecule has 0 spiro atoms. The fraction of sp³-hybridized carbons (Fsp3) is 0.381. The second-order valence-corrected chi connectivity index (χ2v) is 7.36. The first-order chi connectivity index (χ1) is 12.7. The summed E-state index contributed by atoms with van der Waals surface area (Å²) in [7, 11) is 0. The van der Waals surface area contributed by atoms with E-state index in [-0.39, 0.29) is 5.78 Å². The van der Waals surface area contributed by atoms with E-state index in [0.29, 0.717) is 6.61 Å². The average molecular weight is 372 g/mol. The molecular formula is C21H25NO3S. The van der Waals surface area contributed by atoms with Gasteiger partial charge in [-0.1, -0.05) is 25.1 Å². The van der Waals surface area contributed by atoms with Gasteiger partial charge in [-0.3, -0.25) is 9.69 Å². The van der Waals surface area contributed by atoms with E-state index in [2.05, 4.69) is 11.8 Å². The van der Waals surface area contributed by atoms with Crippen LogP contribution in [0.4, 0.5) is 0 Å². The minimum Gasteiger partial charge on any atom is -0.492 e. The van der Waals surface area contributed by atoms with Gasteiger partial charge >= 0.3 is 0 Å². The predicted octanol–water partition coefficient (Wildman–Crippen LogP) is 3.92. The van der Waals surface area contributed by atoms with E-state index in [1.165, 1.54) is 4.88 Å². The molecule has 0 unspecified atom stereocenters. The summed E-state index contributed by atoms with van der Waals surface area (Å²) in [6.07, 6.45) is 4.46. The van der Waals surface area contributed by atoms with Crippen LogP contribution in [-0.2, 0) is 11.2 Å². The quantitative estimate of drug-likeness (QED) is 0.521. The van der Waals surface area contributed by atoms with Crippen LogP contribution in [0.5, 0.6) is 5.75 Å². The van der Waals surface area contributed by atoms with E-state index in [9.17, 15) is 4.79 Å². The first-order valence-electron chi connectivity index (χ1n) is 9.08. The molecule has 1 aliphatic rings. The topological polar surface area (TPSA) is 38.8 Å². The van der Waals surface area contributed by atoms with Gasteiger partial charge in [0.25, 0.3) is 0 Å². The lowest BCUT2D eigenvalue weighted by atomic mass is 10.2.